The minimum atomic E-state index is -2.13. The van der Waals surface area contributed by atoms with Crippen LogP contribution in [0.15, 0.2) is 30.3 Å². The molecule has 0 aromatic heterocycles. The first kappa shape index (κ1) is 23.4. The number of hydrogen-bond acceptors (Lipinski definition) is 8. The molecule has 0 radical (unpaired) electrons. The van der Waals surface area contributed by atoms with Crippen LogP contribution in [0.25, 0.3) is 0 Å². The van der Waals surface area contributed by atoms with E-state index in [0.717, 1.165) is 0 Å². The minimum Gasteiger partial charge on any atom is -0.394 e. The molecule has 164 valence electrons. The van der Waals surface area contributed by atoms with Gasteiger partial charge in [0.05, 0.1) is 23.7 Å². The molecule has 2 aliphatic rings. The van der Waals surface area contributed by atoms with Gasteiger partial charge in [-0.2, -0.15) is 0 Å². The van der Waals surface area contributed by atoms with Crippen molar-refractivity contribution < 1.29 is 39.7 Å². The van der Waals surface area contributed by atoms with E-state index in [-0.39, 0.29) is 11.4 Å². The lowest BCUT2D eigenvalue weighted by molar-refractivity contribution is -0.421. The molecule has 3 rings (SSSR count). The van der Waals surface area contributed by atoms with Gasteiger partial charge in [0.2, 0.25) is 11.6 Å². The largest absolute Gasteiger partial charge is 0.394 e. The molecule has 2 saturated heterocycles. The number of ether oxygens (including phenoxy) is 3. The van der Waals surface area contributed by atoms with E-state index in [1.165, 1.54) is 0 Å². The molecule has 5 N–H and O–H groups in total. The van der Waals surface area contributed by atoms with Crippen molar-refractivity contribution in [3.05, 3.63) is 35.9 Å². The van der Waals surface area contributed by atoms with Crippen LogP contribution in [-0.4, -0.2) is 91.7 Å². The molecule has 2 aliphatic heterocycles. The lowest BCUT2D eigenvalue weighted by Gasteiger charge is -2.51. The summed E-state index contributed by atoms with van der Waals surface area (Å²) < 4.78 is 17.5. The predicted molar refractivity (Wildman–Crippen MR) is 104 cm³/mol. The third-order valence-electron chi connectivity index (χ3n) is 5.25. The SMILES string of the molecule is OC[C@H]1O[C@@](O[C@]2(CCl)O[C@H](CCl)[C@@H](O)[C@@H]2O)(c2ccccc2)[C@H](O)[C@@H](O)[C@H]1Cl. The average molecular weight is 474 g/mol. The third-order valence-corrected chi connectivity index (χ3v) is 6.46. The molecular formula is C18H23Cl3O8. The van der Waals surface area contributed by atoms with Crippen LogP contribution in [0.5, 0.6) is 0 Å². The Morgan fingerprint density at radius 3 is 2.10 bits per heavy atom. The highest BCUT2D eigenvalue weighted by Crippen LogP contribution is 2.47. The van der Waals surface area contributed by atoms with Gasteiger partial charge in [0.15, 0.2) is 0 Å². The van der Waals surface area contributed by atoms with Crippen LogP contribution in [0.4, 0.5) is 0 Å². The predicted octanol–water partition coefficient (Wildman–Crippen LogP) is -0.129. The van der Waals surface area contributed by atoms with Crippen LogP contribution in [0.3, 0.4) is 0 Å². The first-order valence-corrected chi connectivity index (χ1v) is 10.5. The maximum Gasteiger partial charge on any atom is 0.227 e. The number of hydrogen-bond donors (Lipinski definition) is 5. The van der Waals surface area contributed by atoms with Crippen molar-refractivity contribution in [2.45, 2.75) is 53.6 Å². The van der Waals surface area contributed by atoms with E-state index in [0.29, 0.717) is 0 Å². The van der Waals surface area contributed by atoms with Crippen LogP contribution >= 0.6 is 34.8 Å². The van der Waals surface area contributed by atoms with E-state index >= 15 is 0 Å². The normalized spacial score (nSPS) is 45.4. The summed E-state index contributed by atoms with van der Waals surface area (Å²) in [6.07, 6.45) is -8.51. The van der Waals surface area contributed by atoms with Crippen molar-refractivity contribution >= 4 is 34.8 Å². The highest BCUT2D eigenvalue weighted by Gasteiger charge is 2.63. The fraction of sp³-hybridized carbons (Fsp3) is 0.667. The summed E-state index contributed by atoms with van der Waals surface area (Å²) in [6.45, 7) is -0.583. The van der Waals surface area contributed by atoms with Gasteiger partial charge in [0, 0.05) is 5.56 Å². The Kier molecular flexibility index (Phi) is 7.35. The molecular weight excluding hydrogens is 451 g/mol. The summed E-state index contributed by atoms with van der Waals surface area (Å²) >= 11 is 18.0. The van der Waals surface area contributed by atoms with Gasteiger partial charge in [-0.25, -0.2) is 0 Å². The highest BCUT2D eigenvalue weighted by atomic mass is 35.5. The topological polar surface area (TPSA) is 129 Å². The van der Waals surface area contributed by atoms with Gasteiger partial charge in [-0.1, -0.05) is 30.3 Å². The lowest BCUT2D eigenvalue weighted by Crippen LogP contribution is -2.66. The zero-order valence-corrected chi connectivity index (χ0v) is 17.4. The molecule has 0 bridgehead atoms. The zero-order valence-electron chi connectivity index (χ0n) is 15.1. The van der Waals surface area contributed by atoms with Crippen molar-refractivity contribution in [2.24, 2.45) is 0 Å². The molecule has 1 aromatic carbocycles. The summed E-state index contributed by atoms with van der Waals surface area (Å²) in [5, 5.41) is 50.9. The minimum absolute atomic E-state index is 0.159. The first-order valence-electron chi connectivity index (χ1n) is 8.96. The zero-order chi connectivity index (χ0) is 21.4. The lowest BCUT2D eigenvalue weighted by atomic mass is 9.89. The van der Waals surface area contributed by atoms with Crippen LogP contribution < -0.4 is 0 Å². The summed E-state index contributed by atoms with van der Waals surface area (Å²) in [4.78, 5) is 0. The van der Waals surface area contributed by atoms with Crippen molar-refractivity contribution in [1.82, 2.24) is 0 Å². The molecule has 0 unspecified atom stereocenters. The summed E-state index contributed by atoms with van der Waals surface area (Å²) in [5.41, 5.74) is 0.248. The summed E-state index contributed by atoms with van der Waals surface area (Å²) in [5.74, 6) is -4.78. The smallest absolute Gasteiger partial charge is 0.227 e. The number of halogens is 3. The standard InChI is InChI=1S/C18H23Cl3O8/c19-6-10-13(23)15(25)17(8-20,27-10)29-18(9-4-2-1-3-5-9)16(26)14(24)12(21)11(7-22)28-18/h1-5,10-16,22-26H,6-8H2/t10-,11-,12+,13-,14+,15+,16-,17+,18-/m1/s1. The number of rotatable bonds is 6. The molecule has 0 spiro atoms. The number of aliphatic hydroxyl groups excluding tert-OH is 5. The Labute approximate surface area is 182 Å². The quantitative estimate of drug-likeness (QED) is 0.362. The van der Waals surface area contributed by atoms with Gasteiger partial charge in [0.25, 0.3) is 0 Å². The fourth-order valence-electron chi connectivity index (χ4n) is 3.63. The van der Waals surface area contributed by atoms with Crippen molar-refractivity contribution in [2.75, 3.05) is 18.4 Å². The number of aliphatic hydroxyl groups is 5. The van der Waals surface area contributed by atoms with E-state index in [1.807, 2.05) is 0 Å². The van der Waals surface area contributed by atoms with Crippen LogP contribution in [0.1, 0.15) is 5.56 Å². The van der Waals surface area contributed by atoms with Crippen LogP contribution in [-0.2, 0) is 20.0 Å². The van der Waals surface area contributed by atoms with Gasteiger partial charge in [-0.15, -0.1) is 34.8 Å². The summed E-state index contributed by atoms with van der Waals surface area (Å²) in [7, 11) is 0. The Bertz CT molecular complexity index is 682. The average Bonchev–Trinajstić information content (AvgIpc) is 2.99. The van der Waals surface area contributed by atoms with Gasteiger partial charge in [-0.3, -0.25) is 0 Å². The van der Waals surface area contributed by atoms with Gasteiger partial charge in [0.1, 0.15) is 36.6 Å². The monoisotopic (exact) mass is 472 g/mol. The Morgan fingerprint density at radius 1 is 0.931 bits per heavy atom. The molecule has 9 atom stereocenters. The van der Waals surface area contributed by atoms with E-state index < -0.39 is 66.1 Å². The van der Waals surface area contributed by atoms with E-state index in [4.69, 9.17) is 49.0 Å². The second kappa shape index (κ2) is 9.10. The maximum absolute atomic E-state index is 10.9. The molecule has 0 saturated carbocycles. The molecule has 0 amide bonds. The molecule has 0 aliphatic carbocycles. The molecule has 11 heteroatoms. The van der Waals surface area contributed by atoms with E-state index in [2.05, 4.69) is 0 Å². The highest BCUT2D eigenvalue weighted by molar-refractivity contribution is 6.21. The van der Waals surface area contributed by atoms with Crippen molar-refractivity contribution in [3.8, 4) is 0 Å². The Morgan fingerprint density at radius 2 is 1.59 bits per heavy atom. The Hall–Kier alpha value is -0.230. The second-order valence-corrected chi connectivity index (χ2v) is 8.13. The molecule has 1 aromatic rings. The second-order valence-electron chi connectivity index (χ2n) is 7.05. The van der Waals surface area contributed by atoms with Gasteiger partial charge < -0.3 is 39.7 Å². The third kappa shape index (κ3) is 3.90. The number of benzene rings is 1. The molecule has 2 heterocycles. The van der Waals surface area contributed by atoms with Crippen molar-refractivity contribution in [1.29, 1.82) is 0 Å². The molecule has 2 fully saturated rings. The van der Waals surface area contributed by atoms with Gasteiger partial charge >= 0.3 is 0 Å². The number of alkyl halides is 3. The van der Waals surface area contributed by atoms with E-state index in [1.54, 1.807) is 30.3 Å². The first-order chi connectivity index (χ1) is 13.8. The van der Waals surface area contributed by atoms with E-state index in [9.17, 15) is 25.5 Å². The Balaban J connectivity index is 2.10. The fourth-order valence-corrected chi connectivity index (χ4v) is 4.42. The van der Waals surface area contributed by atoms with Crippen LogP contribution in [0, 0.1) is 0 Å². The molecule has 8 nitrogen and oxygen atoms in total. The maximum atomic E-state index is 10.9. The molecule has 29 heavy (non-hydrogen) atoms. The summed E-state index contributed by atoms with van der Waals surface area (Å²) in [6, 6.07) is 8.09. The van der Waals surface area contributed by atoms with Crippen molar-refractivity contribution in [3.63, 3.8) is 0 Å². The van der Waals surface area contributed by atoms with Gasteiger partial charge in [-0.05, 0) is 0 Å². The van der Waals surface area contributed by atoms with Crippen LogP contribution in [0.2, 0.25) is 0 Å².